The van der Waals surface area contributed by atoms with Crippen LogP contribution in [0.2, 0.25) is 0 Å². The molecular weight excluding hydrogens is 406 g/mol. The van der Waals surface area contributed by atoms with Crippen LogP contribution in [0.5, 0.6) is 5.75 Å². The van der Waals surface area contributed by atoms with Gasteiger partial charge in [0.1, 0.15) is 18.1 Å². The molecule has 1 fully saturated rings. The van der Waals surface area contributed by atoms with E-state index < -0.39 is 0 Å². The third-order valence-electron chi connectivity index (χ3n) is 5.01. The first kappa shape index (κ1) is 20.3. The fourth-order valence-corrected chi connectivity index (χ4v) is 3.64. The number of amides is 1. The topological polar surface area (TPSA) is 56.6 Å². The Kier molecular flexibility index (Phi) is 5.78. The predicted molar refractivity (Wildman–Crippen MR) is 124 cm³/mol. The minimum Gasteiger partial charge on any atom is -0.488 e. The highest BCUT2D eigenvalue weighted by molar-refractivity contribution is 7.80. The lowest BCUT2D eigenvalue weighted by Gasteiger charge is -2.16. The lowest BCUT2D eigenvalue weighted by atomic mass is 10.1. The van der Waals surface area contributed by atoms with Crippen molar-refractivity contribution < 1.29 is 9.53 Å². The van der Waals surface area contributed by atoms with Crippen LogP contribution in [0.1, 0.15) is 16.7 Å². The summed E-state index contributed by atoms with van der Waals surface area (Å²) in [6.07, 6.45) is 1.78. The van der Waals surface area contributed by atoms with E-state index in [0.29, 0.717) is 22.1 Å². The van der Waals surface area contributed by atoms with E-state index in [1.807, 2.05) is 72.8 Å². The van der Waals surface area contributed by atoms with E-state index >= 15 is 0 Å². The van der Waals surface area contributed by atoms with Gasteiger partial charge in [0.15, 0.2) is 5.11 Å². The molecule has 31 heavy (non-hydrogen) atoms. The van der Waals surface area contributed by atoms with Crippen molar-refractivity contribution in [2.75, 3.05) is 11.9 Å². The number of ether oxygens (including phenoxy) is 1. The van der Waals surface area contributed by atoms with Gasteiger partial charge in [-0.25, -0.2) is 0 Å². The number of anilines is 1. The smallest absolute Gasteiger partial charge is 0.281 e. The zero-order valence-electron chi connectivity index (χ0n) is 16.9. The Morgan fingerprint density at radius 2 is 1.68 bits per heavy atom. The van der Waals surface area contributed by atoms with Gasteiger partial charge < -0.3 is 9.64 Å². The zero-order valence-corrected chi connectivity index (χ0v) is 17.7. The quantitative estimate of drug-likeness (QED) is 0.436. The third kappa shape index (κ3) is 4.04. The van der Waals surface area contributed by atoms with Crippen LogP contribution in [0.25, 0.3) is 6.08 Å². The molecule has 1 heterocycles. The molecule has 0 atom stereocenters. The third-order valence-corrected chi connectivity index (χ3v) is 5.46. The summed E-state index contributed by atoms with van der Waals surface area (Å²) in [5.41, 5.74) is 3.32. The highest BCUT2D eigenvalue weighted by atomic mass is 32.1. The molecule has 1 aliphatic rings. The second-order valence-electron chi connectivity index (χ2n) is 6.94. The van der Waals surface area contributed by atoms with Gasteiger partial charge in [-0.05, 0) is 42.6 Å². The molecule has 152 valence electrons. The molecule has 1 aliphatic heterocycles. The summed E-state index contributed by atoms with van der Waals surface area (Å²) in [4.78, 5) is 16.4. The predicted octanol–water partition coefficient (Wildman–Crippen LogP) is 4.74. The van der Waals surface area contributed by atoms with E-state index in [2.05, 4.69) is 6.07 Å². The Morgan fingerprint density at radius 3 is 2.45 bits per heavy atom. The van der Waals surface area contributed by atoms with Crippen molar-refractivity contribution in [1.29, 1.82) is 5.26 Å². The van der Waals surface area contributed by atoms with Crippen LogP contribution in [0.4, 0.5) is 5.69 Å². The maximum Gasteiger partial charge on any atom is 0.281 e. The average molecular weight is 426 g/mol. The summed E-state index contributed by atoms with van der Waals surface area (Å²) < 4.78 is 6.01. The lowest BCUT2D eigenvalue weighted by molar-refractivity contribution is -0.114. The molecule has 6 heteroatoms. The van der Waals surface area contributed by atoms with Crippen molar-refractivity contribution in [3.63, 3.8) is 0 Å². The number of para-hydroxylation sites is 2. The Bertz CT molecular complexity index is 1210. The van der Waals surface area contributed by atoms with E-state index in [0.717, 1.165) is 16.8 Å². The van der Waals surface area contributed by atoms with Crippen molar-refractivity contribution in [2.45, 2.75) is 6.61 Å². The van der Waals surface area contributed by atoms with Crippen LogP contribution in [0, 0.1) is 11.3 Å². The molecule has 0 aromatic heterocycles. The summed E-state index contributed by atoms with van der Waals surface area (Å²) in [5, 5.41) is 9.71. The Balaban J connectivity index is 1.63. The van der Waals surface area contributed by atoms with Crippen LogP contribution in [0.3, 0.4) is 0 Å². The van der Waals surface area contributed by atoms with Gasteiger partial charge >= 0.3 is 0 Å². The van der Waals surface area contributed by atoms with Gasteiger partial charge in [-0.2, -0.15) is 5.26 Å². The van der Waals surface area contributed by atoms with Gasteiger partial charge in [-0.3, -0.25) is 9.69 Å². The number of rotatable bonds is 5. The Morgan fingerprint density at radius 1 is 1.00 bits per heavy atom. The van der Waals surface area contributed by atoms with Crippen LogP contribution in [-0.2, 0) is 11.4 Å². The van der Waals surface area contributed by atoms with E-state index in [-0.39, 0.29) is 12.5 Å². The lowest BCUT2D eigenvalue weighted by Crippen LogP contribution is -2.30. The molecular formula is C25H19N3O2S. The normalized spacial score (nSPS) is 14.8. The molecule has 1 saturated heterocycles. The molecule has 0 spiro atoms. The number of hydrogen-bond donors (Lipinski definition) is 0. The van der Waals surface area contributed by atoms with E-state index in [4.69, 9.17) is 17.0 Å². The molecule has 3 aromatic rings. The van der Waals surface area contributed by atoms with Gasteiger partial charge in [0.25, 0.3) is 5.91 Å². The standard InChI is InChI=1S/C25H19N3O2S/c1-27-22(24(29)28(25(27)31)21-12-3-2-4-13-21)15-18-9-7-8-14-23(18)30-17-20-11-6-5-10-19(20)16-26/h2-15H,17H2,1H3. The fraction of sp³-hybridized carbons (Fsp3) is 0.0800. The van der Waals surface area contributed by atoms with Gasteiger partial charge in [-0.1, -0.05) is 54.6 Å². The monoisotopic (exact) mass is 425 g/mol. The molecule has 3 aromatic carbocycles. The number of likely N-dealkylation sites (N-methyl/N-ethyl adjacent to an activating group) is 1. The summed E-state index contributed by atoms with van der Waals surface area (Å²) in [5.74, 6) is 0.427. The molecule has 0 unspecified atom stereocenters. The second kappa shape index (κ2) is 8.82. The molecule has 0 N–H and O–H groups in total. The first-order valence-corrected chi connectivity index (χ1v) is 10.1. The molecule has 0 saturated carbocycles. The van der Waals surface area contributed by atoms with Crippen LogP contribution < -0.4 is 9.64 Å². The van der Waals surface area contributed by atoms with Gasteiger partial charge in [-0.15, -0.1) is 0 Å². The van der Waals surface area contributed by atoms with Gasteiger partial charge in [0.05, 0.1) is 17.3 Å². The number of nitrogens with zero attached hydrogens (tertiary/aromatic N) is 3. The van der Waals surface area contributed by atoms with Gasteiger partial charge in [0.2, 0.25) is 0 Å². The van der Waals surface area contributed by atoms with Crippen molar-refractivity contribution in [3.8, 4) is 11.8 Å². The molecule has 0 aliphatic carbocycles. The maximum absolute atomic E-state index is 13.2. The number of hydrogen-bond acceptors (Lipinski definition) is 4. The Hall–Kier alpha value is -3.95. The number of carbonyl (C=O) groups excluding carboxylic acids is 1. The fourth-order valence-electron chi connectivity index (χ4n) is 3.35. The van der Waals surface area contributed by atoms with Crippen molar-refractivity contribution in [2.24, 2.45) is 0 Å². The summed E-state index contributed by atoms with van der Waals surface area (Å²) >= 11 is 5.52. The highest BCUT2D eigenvalue weighted by Gasteiger charge is 2.36. The van der Waals surface area contributed by atoms with Crippen molar-refractivity contribution in [3.05, 3.63) is 101 Å². The van der Waals surface area contributed by atoms with E-state index in [1.54, 1.807) is 24.1 Å². The second-order valence-corrected chi connectivity index (χ2v) is 7.31. The first-order valence-electron chi connectivity index (χ1n) is 9.69. The van der Waals surface area contributed by atoms with E-state index in [1.165, 1.54) is 4.90 Å². The largest absolute Gasteiger partial charge is 0.488 e. The molecule has 5 nitrogen and oxygen atoms in total. The Labute approximate surface area is 186 Å². The van der Waals surface area contributed by atoms with Crippen molar-refractivity contribution >= 4 is 35.0 Å². The number of benzene rings is 3. The number of thiocarbonyl (C=S) groups is 1. The number of nitriles is 1. The molecule has 1 amide bonds. The zero-order chi connectivity index (χ0) is 21.8. The SMILES string of the molecule is CN1C(=S)N(c2ccccc2)C(=O)C1=Cc1ccccc1OCc1ccccc1C#N. The molecule has 0 bridgehead atoms. The minimum absolute atomic E-state index is 0.191. The minimum atomic E-state index is -0.191. The van der Waals surface area contributed by atoms with Gasteiger partial charge in [0, 0.05) is 18.2 Å². The van der Waals surface area contributed by atoms with E-state index in [9.17, 15) is 10.1 Å². The van der Waals surface area contributed by atoms with Crippen LogP contribution in [-0.4, -0.2) is 23.0 Å². The first-order chi connectivity index (χ1) is 15.1. The summed E-state index contributed by atoms with van der Waals surface area (Å²) in [7, 11) is 1.78. The average Bonchev–Trinajstić information content (AvgIpc) is 3.02. The highest BCUT2D eigenvalue weighted by Crippen LogP contribution is 2.30. The molecule has 4 rings (SSSR count). The van der Waals surface area contributed by atoms with Crippen LogP contribution >= 0.6 is 12.2 Å². The summed E-state index contributed by atoms with van der Waals surface area (Å²) in [6.45, 7) is 0.252. The van der Waals surface area contributed by atoms with Crippen molar-refractivity contribution in [1.82, 2.24) is 4.90 Å². The van der Waals surface area contributed by atoms with Crippen LogP contribution in [0.15, 0.2) is 84.6 Å². The summed E-state index contributed by atoms with van der Waals surface area (Å²) in [6, 6.07) is 26.3. The molecule has 0 radical (unpaired) electrons. The maximum atomic E-state index is 13.2. The number of carbonyl (C=O) groups is 1.